The molecule has 2 heterocycles. The molecule has 0 bridgehead atoms. The van der Waals surface area contributed by atoms with Crippen LogP contribution in [0.1, 0.15) is 0 Å². The number of benzene rings is 1. The summed E-state index contributed by atoms with van der Waals surface area (Å²) in [6.45, 7) is 3.13. The van der Waals surface area contributed by atoms with Crippen LogP contribution in [0.3, 0.4) is 0 Å². The molecule has 0 aliphatic carbocycles. The number of nitrogens with zero attached hydrogens (tertiary/aromatic N) is 4. The third-order valence-corrected chi connectivity index (χ3v) is 4.03. The summed E-state index contributed by atoms with van der Waals surface area (Å²) >= 11 is 0. The van der Waals surface area contributed by atoms with E-state index in [1.54, 1.807) is 19.4 Å². The number of anilines is 2. The van der Waals surface area contributed by atoms with Crippen molar-refractivity contribution in [2.45, 2.75) is 0 Å². The first-order chi connectivity index (χ1) is 12.2. The number of aliphatic hydroxyl groups excluding tert-OH is 1. The minimum atomic E-state index is -0.311. The molecule has 1 N–H and O–H groups in total. The first-order valence-corrected chi connectivity index (χ1v) is 8.10. The van der Waals surface area contributed by atoms with Gasteiger partial charge in [0, 0.05) is 32.2 Å². The van der Waals surface area contributed by atoms with Crippen LogP contribution in [0.5, 0.6) is 11.6 Å². The number of aromatic nitrogens is 2. The first kappa shape index (κ1) is 17.2. The lowest BCUT2D eigenvalue weighted by atomic mass is 10.2. The Morgan fingerprint density at radius 1 is 1.16 bits per heavy atom. The maximum atomic E-state index is 13.4. The summed E-state index contributed by atoms with van der Waals surface area (Å²) in [6.07, 6.45) is 3.22. The third kappa shape index (κ3) is 4.08. The van der Waals surface area contributed by atoms with Crippen LogP contribution < -0.4 is 19.3 Å². The largest absolute Gasteiger partial charge is 0.494 e. The number of hydrogen-bond acceptors (Lipinski definition) is 7. The van der Waals surface area contributed by atoms with Gasteiger partial charge in [-0.1, -0.05) is 0 Å². The van der Waals surface area contributed by atoms with Gasteiger partial charge in [0.25, 0.3) is 0 Å². The Hall–Kier alpha value is -2.61. The number of piperazine rings is 1. The van der Waals surface area contributed by atoms with Crippen molar-refractivity contribution in [1.29, 1.82) is 0 Å². The molecule has 8 heteroatoms. The van der Waals surface area contributed by atoms with Gasteiger partial charge in [-0.3, -0.25) is 4.98 Å². The molecule has 25 heavy (non-hydrogen) atoms. The van der Waals surface area contributed by atoms with Crippen LogP contribution in [0, 0.1) is 5.82 Å². The summed E-state index contributed by atoms with van der Waals surface area (Å²) in [5, 5.41) is 8.82. The number of hydrogen-bond donors (Lipinski definition) is 1. The van der Waals surface area contributed by atoms with E-state index in [1.807, 2.05) is 0 Å². The van der Waals surface area contributed by atoms with Gasteiger partial charge in [0.15, 0.2) is 5.82 Å². The topological polar surface area (TPSA) is 71.0 Å². The number of ether oxygens (including phenoxy) is 2. The van der Waals surface area contributed by atoms with Gasteiger partial charge in [0.2, 0.25) is 5.88 Å². The highest BCUT2D eigenvalue weighted by Crippen LogP contribution is 2.30. The van der Waals surface area contributed by atoms with Crippen molar-refractivity contribution in [3.05, 3.63) is 36.4 Å². The van der Waals surface area contributed by atoms with Crippen LogP contribution in [0.25, 0.3) is 0 Å². The Labute approximate surface area is 145 Å². The summed E-state index contributed by atoms with van der Waals surface area (Å²) < 4.78 is 24.0. The zero-order valence-corrected chi connectivity index (χ0v) is 14.1. The van der Waals surface area contributed by atoms with Crippen LogP contribution in [-0.2, 0) is 0 Å². The van der Waals surface area contributed by atoms with E-state index in [0.29, 0.717) is 11.6 Å². The smallest absolute Gasteiger partial charge is 0.234 e. The van der Waals surface area contributed by atoms with Gasteiger partial charge in [-0.15, -0.1) is 0 Å². The highest BCUT2D eigenvalue weighted by atomic mass is 19.1. The minimum Gasteiger partial charge on any atom is -0.494 e. The van der Waals surface area contributed by atoms with Crippen LogP contribution >= 0.6 is 0 Å². The molecule has 3 rings (SSSR count). The van der Waals surface area contributed by atoms with Gasteiger partial charge in [0.1, 0.15) is 18.2 Å². The molecule has 1 fully saturated rings. The van der Waals surface area contributed by atoms with Crippen LogP contribution in [-0.4, -0.2) is 61.6 Å². The summed E-state index contributed by atoms with van der Waals surface area (Å²) in [4.78, 5) is 12.8. The number of aliphatic hydroxyl groups is 1. The van der Waals surface area contributed by atoms with Crippen molar-refractivity contribution in [2.24, 2.45) is 0 Å². The highest BCUT2D eigenvalue weighted by molar-refractivity contribution is 5.59. The SMILES string of the molecule is COc1cc(F)ccc1N1CCN(c2cncc(OCCO)n2)CC1. The van der Waals surface area contributed by atoms with Crippen LogP contribution in [0.2, 0.25) is 0 Å². The molecule has 1 aromatic heterocycles. The van der Waals surface area contributed by atoms with E-state index < -0.39 is 0 Å². The first-order valence-electron chi connectivity index (χ1n) is 8.10. The van der Waals surface area contributed by atoms with Gasteiger partial charge in [0.05, 0.1) is 31.8 Å². The van der Waals surface area contributed by atoms with E-state index in [-0.39, 0.29) is 19.0 Å². The second-order valence-electron chi connectivity index (χ2n) is 5.58. The predicted octanol–water partition coefficient (Wildman–Crippen LogP) is 1.32. The maximum absolute atomic E-state index is 13.4. The Morgan fingerprint density at radius 2 is 1.92 bits per heavy atom. The number of rotatable bonds is 6. The molecular formula is C17H21FN4O3. The van der Waals surface area contributed by atoms with Crippen molar-refractivity contribution in [3.8, 4) is 11.6 Å². The van der Waals surface area contributed by atoms with E-state index in [4.69, 9.17) is 14.6 Å². The molecule has 1 aromatic carbocycles. The van der Waals surface area contributed by atoms with Gasteiger partial charge in [-0.25, -0.2) is 4.39 Å². The zero-order valence-electron chi connectivity index (χ0n) is 14.1. The molecule has 7 nitrogen and oxygen atoms in total. The molecule has 0 atom stereocenters. The molecule has 1 aliphatic rings. The average molecular weight is 348 g/mol. The molecule has 0 spiro atoms. The molecule has 0 radical (unpaired) electrons. The minimum absolute atomic E-state index is 0.0654. The molecule has 1 aliphatic heterocycles. The Morgan fingerprint density at radius 3 is 2.64 bits per heavy atom. The van der Waals surface area contributed by atoms with Gasteiger partial charge in [-0.05, 0) is 12.1 Å². The summed E-state index contributed by atoms with van der Waals surface area (Å²) in [5.41, 5.74) is 0.884. The fourth-order valence-corrected chi connectivity index (χ4v) is 2.80. The Balaban J connectivity index is 1.66. The third-order valence-electron chi connectivity index (χ3n) is 4.03. The van der Waals surface area contributed by atoms with Crippen molar-refractivity contribution in [1.82, 2.24) is 9.97 Å². The van der Waals surface area contributed by atoms with Crippen molar-refractivity contribution in [2.75, 3.05) is 56.3 Å². The molecule has 0 amide bonds. The fourth-order valence-electron chi connectivity index (χ4n) is 2.80. The van der Waals surface area contributed by atoms with Crippen molar-refractivity contribution >= 4 is 11.5 Å². The van der Waals surface area contributed by atoms with Crippen molar-refractivity contribution < 1.29 is 19.0 Å². The Bertz CT molecular complexity index is 708. The molecule has 134 valence electrons. The normalized spacial score (nSPS) is 14.5. The molecule has 2 aromatic rings. The van der Waals surface area contributed by atoms with Crippen LogP contribution in [0.4, 0.5) is 15.9 Å². The molecule has 0 saturated carbocycles. The van der Waals surface area contributed by atoms with Gasteiger partial charge < -0.3 is 24.4 Å². The van der Waals surface area contributed by atoms with Crippen molar-refractivity contribution in [3.63, 3.8) is 0 Å². The standard InChI is InChI=1S/C17H21FN4O3/c1-24-15-10-13(18)2-3-14(15)21-4-6-22(7-5-21)16-11-19-12-17(20-16)25-9-8-23/h2-3,10-12,23H,4-9H2,1H3. The lowest BCUT2D eigenvalue weighted by Gasteiger charge is -2.37. The molecule has 1 saturated heterocycles. The maximum Gasteiger partial charge on any atom is 0.234 e. The second-order valence-corrected chi connectivity index (χ2v) is 5.58. The van der Waals surface area contributed by atoms with E-state index in [0.717, 1.165) is 37.7 Å². The van der Waals surface area contributed by atoms with Gasteiger partial charge in [-0.2, -0.15) is 4.98 Å². The second kappa shape index (κ2) is 7.98. The average Bonchev–Trinajstić information content (AvgIpc) is 2.66. The van der Waals surface area contributed by atoms with Crippen LogP contribution in [0.15, 0.2) is 30.6 Å². The summed E-state index contributed by atoms with van der Waals surface area (Å²) in [7, 11) is 1.54. The monoisotopic (exact) mass is 348 g/mol. The van der Waals surface area contributed by atoms with E-state index in [9.17, 15) is 4.39 Å². The van der Waals surface area contributed by atoms with Gasteiger partial charge >= 0.3 is 0 Å². The fraction of sp³-hybridized carbons (Fsp3) is 0.412. The lowest BCUT2D eigenvalue weighted by Crippen LogP contribution is -2.47. The summed E-state index contributed by atoms with van der Waals surface area (Å²) in [6, 6.07) is 4.58. The Kier molecular flexibility index (Phi) is 5.49. The quantitative estimate of drug-likeness (QED) is 0.844. The van der Waals surface area contributed by atoms with E-state index in [1.165, 1.54) is 18.3 Å². The molecule has 0 unspecified atom stereocenters. The summed E-state index contributed by atoms with van der Waals surface area (Å²) in [5.74, 6) is 1.36. The van der Waals surface area contributed by atoms with E-state index >= 15 is 0 Å². The van der Waals surface area contributed by atoms with E-state index in [2.05, 4.69) is 19.8 Å². The number of methoxy groups -OCH3 is 1. The number of halogens is 1. The lowest BCUT2D eigenvalue weighted by molar-refractivity contribution is 0.196. The zero-order chi connectivity index (χ0) is 17.6. The molecular weight excluding hydrogens is 327 g/mol. The predicted molar refractivity (Wildman–Crippen MR) is 92.0 cm³/mol. The highest BCUT2D eigenvalue weighted by Gasteiger charge is 2.21.